The summed E-state index contributed by atoms with van der Waals surface area (Å²) < 4.78 is 10.6. The lowest BCUT2D eigenvalue weighted by molar-refractivity contribution is 0.0729. The molecule has 1 N–H and O–H groups in total. The molecule has 1 fully saturated rings. The molecule has 1 aromatic rings. The Hall–Kier alpha value is -1.59. The highest BCUT2D eigenvalue weighted by molar-refractivity contribution is 5.97. The monoisotopic (exact) mass is 264 g/mol. The third-order valence-corrected chi connectivity index (χ3v) is 3.07. The molecule has 1 amide bonds. The second kappa shape index (κ2) is 7.11. The number of methoxy groups -OCH3 is 1. The predicted octanol–water partition coefficient (Wildman–Crippen LogP) is 0.757. The molecule has 0 radical (unpaired) electrons. The molecule has 0 aromatic heterocycles. The smallest absolute Gasteiger partial charge is 0.257 e. The van der Waals surface area contributed by atoms with E-state index in [1.165, 1.54) is 0 Å². The Morgan fingerprint density at radius 1 is 1.26 bits per heavy atom. The third-order valence-electron chi connectivity index (χ3n) is 3.07. The van der Waals surface area contributed by atoms with Crippen molar-refractivity contribution in [2.75, 3.05) is 46.5 Å². The number of amides is 1. The van der Waals surface area contributed by atoms with Gasteiger partial charge in [-0.1, -0.05) is 12.1 Å². The molecule has 0 saturated carbocycles. The second-order valence-electron chi connectivity index (χ2n) is 4.38. The van der Waals surface area contributed by atoms with Gasteiger partial charge < -0.3 is 19.7 Å². The number of hydrogen-bond acceptors (Lipinski definition) is 4. The van der Waals surface area contributed by atoms with Crippen LogP contribution in [0.3, 0.4) is 0 Å². The van der Waals surface area contributed by atoms with Gasteiger partial charge in [0.1, 0.15) is 12.4 Å². The lowest BCUT2D eigenvalue weighted by atomic mass is 10.1. The van der Waals surface area contributed by atoms with Crippen LogP contribution >= 0.6 is 0 Å². The van der Waals surface area contributed by atoms with Crippen molar-refractivity contribution in [2.24, 2.45) is 0 Å². The first-order chi connectivity index (χ1) is 9.33. The summed E-state index contributed by atoms with van der Waals surface area (Å²) in [7, 11) is 1.63. The van der Waals surface area contributed by atoms with Gasteiger partial charge >= 0.3 is 0 Å². The van der Waals surface area contributed by atoms with Gasteiger partial charge in [0.15, 0.2) is 0 Å². The number of benzene rings is 1. The van der Waals surface area contributed by atoms with Crippen molar-refractivity contribution in [3.63, 3.8) is 0 Å². The van der Waals surface area contributed by atoms with E-state index in [0.29, 0.717) is 24.5 Å². The van der Waals surface area contributed by atoms with Crippen LogP contribution in [0, 0.1) is 0 Å². The van der Waals surface area contributed by atoms with E-state index < -0.39 is 0 Å². The highest BCUT2D eigenvalue weighted by Gasteiger charge is 2.20. The number of carbonyl (C=O) groups excluding carboxylic acids is 1. The normalized spacial score (nSPS) is 15.3. The van der Waals surface area contributed by atoms with Crippen LogP contribution in [0.25, 0.3) is 0 Å². The van der Waals surface area contributed by atoms with E-state index in [9.17, 15) is 4.79 Å². The fourth-order valence-corrected chi connectivity index (χ4v) is 2.04. The van der Waals surface area contributed by atoms with Crippen LogP contribution < -0.4 is 10.1 Å². The van der Waals surface area contributed by atoms with Gasteiger partial charge in [-0.3, -0.25) is 4.79 Å². The van der Waals surface area contributed by atoms with Gasteiger partial charge in [-0.2, -0.15) is 0 Å². The van der Waals surface area contributed by atoms with Crippen molar-refractivity contribution in [1.29, 1.82) is 0 Å². The number of carbonyl (C=O) groups is 1. The molecule has 1 aromatic carbocycles. The van der Waals surface area contributed by atoms with Crippen molar-refractivity contribution >= 4 is 5.91 Å². The fourth-order valence-electron chi connectivity index (χ4n) is 2.04. The lowest BCUT2D eigenvalue weighted by Gasteiger charge is -2.28. The van der Waals surface area contributed by atoms with Crippen LogP contribution in [0.4, 0.5) is 0 Å². The first-order valence-corrected chi connectivity index (χ1v) is 6.53. The Morgan fingerprint density at radius 3 is 2.74 bits per heavy atom. The van der Waals surface area contributed by atoms with Gasteiger partial charge in [0.25, 0.3) is 5.91 Å². The van der Waals surface area contributed by atoms with E-state index in [-0.39, 0.29) is 5.91 Å². The Morgan fingerprint density at radius 2 is 2.00 bits per heavy atom. The average molecular weight is 264 g/mol. The Kier molecular flexibility index (Phi) is 5.18. The van der Waals surface area contributed by atoms with E-state index in [2.05, 4.69) is 5.32 Å². The van der Waals surface area contributed by atoms with Gasteiger partial charge in [0, 0.05) is 33.3 Å². The largest absolute Gasteiger partial charge is 0.490 e. The molecule has 1 saturated heterocycles. The molecule has 0 atom stereocenters. The number of ether oxygens (including phenoxy) is 2. The van der Waals surface area contributed by atoms with Crippen molar-refractivity contribution in [3.8, 4) is 5.75 Å². The molecule has 5 nitrogen and oxygen atoms in total. The van der Waals surface area contributed by atoms with Crippen LogP contribution in [0.15, 0.2) is 24.3 Å². The predicted molar refractivity (Wildman–Crippen MR) is 72.6 cm³/mol. The lowest BCUT2D eigenvalue weighted by Crippen LogP contribution is -2.46. The summed E-state index contributed by atoms with van der Waals surface area (Å²) in [4.78, 5) is 14.3. The van der Waals surface area contributed by atoms with Crippen LogP contribution in [0.2, 0.25) is 0 Å². The maximum atomic E-state index is 12.4. The third kappa shape index (κ3) is 3.68. The van der Waals surface area contributed by atoms with Crippen LogP contribution in [0.1, 0.15) is 10.4 Å². The van der Waals surface area contributed by atoms with E-state index in [1.807, 2.05) is 29.2 Å². The maximum Gasteiger partial charge on any atom is 0.257 e. The summed E-state index contributed by atoms with van der Waals surface area (Å²) in [5.41, 5.74) is 0.625. The van der Waals surface area contributed by atoms with Gasteiger partial charge in [-0.05, 0) is 12.1 Å². The number of piperazine rings is 1. The van der Waals surface area contributed by atoms with Crippen molar-refractivity contribution in [2.45, 2.75) is 0 Å². The van der Waals surface area contributed by atoms with Gasteiger partial charge in [0.05, 0.1) is 12.2 Å². The Bertz CT molecular complexity index is 417. The van der Waals surface area contributed by atoms with Gasteiger partial charge in [-0.25, -0.2) is 0 Å². The summed E-state index contributed by atoms with van der Waals surface area (Å²) in [6.07, 6.45) is 0. The van der Waals surface area contributed by atoms with Gasteiger partial charge in [-0.15, -0.1) is 0 Å². The standard InChI is InChI=1S/C14H20N2O3/c1-18-10-11-19-13-5-3-2-4-12(13)14(17)16-8-6-15-7-9-16/h2-5,15H,6-11H2,1H3. The Labute approximate surface area is 113 Å². The molecule has 0 aliphatic carbocycles. The van der Waals surface area contributed by atoms with Crippen LogP contribution in [0.5, 0.6) is 5.75 Å². The second-order valence-corrected chi connectivity index (χ2v) is 4.38. The zero-order valence-corrected chi connectivity index (χ0v) is 11.2. The molecular formula is C14H20N2O3. The van der Waals surface area contributed by atoms with Crippen molar-refractivity contribution < 1.29 is 14.3 Å². The maximum absolute atomic E-state index is 12.4. The van der Waals surface area contributed by atoms with Crippen molar-refractivity contribution in [1.82, 2.24) is 10.2 Å². The molecule has 5 heteroatoms. The molecule has 19 heavy (non-hydrogen) atoms. The molecule has 0 unspecified atom stereocenters. The molecule has 1 aliphatic heterocycles. The average Bonchev–Trinajstić information content (AvgIpc) is 2.48. The number of rotatable bonds is 5. The summed E-state index contributed by atoms with van der Waals surface area (Å²) in [6.45, 7) is 4.13. The fraction of sp³-hybridized carbons (Fsp3) is 0.500. The number of hydrogen-bond donors (Lipinski definition) is 1. The zero-order valence-electron chi connectivity index (χ0n) is 11.2. The summed E-state index contributed by atoms with van der Waals surface area (Å²) in [5.74, 6) is 0.664. The van der Waals surface area contributed by atoms with Gasteiger partial charge in [0.2, 0.25) is 0 Å². The minimum atomic E-state index is 0.0366. The summed E-state index contributed by atoms with van der Waals surface area (Å²) >= 11 is 0. The molecule has 2 rings (SSSR count). The molecule has 0 bridgehead atoms. The van der Waals surface area contributed by atoms with E-state index in [4.69, 9.17) is 9.47 Å². The minimum absolute atomic E-state index is 0.0366. The molecule has 104 valence electrons. The van der Waals surface area contributed by atoms with E-state index in [0.717, 1.165) is 26.2 Å². The zero-order chi connectivity index (χ0) is 13.5. The summed E-state index contributed by atoms with van der Waals surface area (Å²) in [6, 6.07) is 7.37. The first kappa shape index (κ1) is 13.8. The topological polar surface area (TPSA) is 50.8 Å². The number of nitrogens with zero attached hydrogens (tertiary/aromatic N) is 1. The van der Waals surface area contributed by atoms with E-state index in [1.54, 1.807) is 7.11 Å². The van der Waals surface area contributed by atoms with Crippen molar-refractivity contribution in [3.05, 3.63) is 29.8 Å². The molecule has 1 aliphatic rings. The quantitative estimate of drug-likeness (QED) is 0.798. The Balaban J connectivity index is 2.07. The SMILES string of the molecule is COCCOc1ccccc1C(=O)N1CCNCC1. The molecule has 1 heterocycles. The highest BCUT2D eigenvalue weighted by atomic mass is 16.5. The minimum Gasteiger partial charge on any atom is -0.490 e. The van der Waals surface area contributed by atoms with E-state index >= 15 is 0 Å². The molecule has 0 spiro atoms. The number of nitrogens with one attached hydrogen (secondary N) is 1. The molecular weight excluding hydrogens is 244 g/mol. The summed E-state index contributed by atoms with van der Waals surface area (Å²) in [5, 5.41) is 3.24. The van der Waals surface area contributed by atoms with Crippen LogP contribution in [-0.4, -0.2) is 57.3 Å². The number of para-hydroxylation sites is 1. The van der Waals surface area contributed by atoms with Crippen LogP contribution in [-0.2, 0) is 4.74 Å². The first-order valence-electron chi connectivity index (χ1n) is 6.53. The highest BCUT2D eigenvalue weighted by Crippen LogP contribution is 2.20.